The van der Waals surface area contributed by atoms with Gasteiger partial charge < -0.3 is 20.1 Å². The summed E-state index contributed by atoms with van der Waals surface area (Å²) in [6.45, 7) is 4.02. The highest BCUT2D eigenvalue weighted by atomic mass is 127. The molecular weight excluding hydrogens is 1170 g/mol. The number of amides is 2. The minimum Gasteiger partial charge on any atom is -0.462 e. The quantitative estimate of drug-likeness (QED) is 0.135. The van der Waals surface area contributed by atoms with Crippen LogP contribution in [0.15, 0.2) is 12.1 Å². The minimum absolute atomic E-state index is 0.196. The molecule has 0 atom stereocenters. The number of hydrogen-bond acceptors (Lipinski definition) is 6. The zero-order valence-electron chi connectivity index (χ0n) is 20.1. The molecule has 0 heterocycles. The molecule has 0 saturated carbocycles. The molecule has 0 aromatic heterocycles. The highest BCUT2D eigenvalue weighted by Crippen LogP contribution is 2.34. The molecule has 0 unspecified atom stereocenters. The van der Waals surface area contributed by atoms with Gasteiger partial charge in [-0.05, 0) is 174 Å². The van der Waals surface area contributed by atoms with Gasteiger partial charge in [0.2, 0.25) is 11.8 Å². The van der Waals surface area contributed by atoms with Crippen LogP contribution in [0.25, 0.3) is 0 Å². The predicted octanol–water partition coefficient (Wildman–Crippen LogP) is 7.81. The van der Waals surface area contributed by atoms with Crippen LogP contribution < -0.4 is 10.6 Å². The van der Waals surface area contributed by atoms with Crippen molar-refractivity contribution in [2.24, 2.45) is 0 Å². The zero-order chi connectivity index (χ0) is 28.6. The summed E-state index contributed by atoms with van der Waals surface area (Å²) < 4.78 is 14.7. The first-order chi connectivity index (χ1) is 17.9. The number of esters is 2. The fraction of sp³-hybridized carbons (Fsp3) is 0.333. The standard InChI is InChI=1S/C24H22I6N2O6/c1-3-37-23(35)17-11(25)9-13(27)21(19(17)29)31-15(33)7-5-6-8-16(34)32-22-14(28)10-12(26)18(20(22)30)24(36)38-4-2/h9-10H,3-8H2,1-2H3,(H,31,33)(H,32,34). The molecule has 2 aromatic rings. The third kappa shape index (κ3) is 9.63. The van der Waals surface area contributed by atoms with Crippen molar-refractivity contribution in [3.63, 3.8) is 0 Å². The first kappa shape index (κ1) is 34.9. The van der Waals surface area contributed by atoms with Gasteiger partial charge >= 0.3 is 11.9 Å². The Morgan fingerprint density at radius 2 is 0.974 bits per heavy atom. The van der Waals surface area contributed by atoms with Crippen molar-refractivity contribution in [2.45, 2.75) is 39.5 Å². The first-order valence-electron chi connectivity index (χ1n) is 11.2. The molecule has 8 nitrogen and oxygen atoms in total. The smallest absolute Gasteiger partial charge is 0.340 e. The van der Waals surface area contributed by atoms with Crippen molar-refractivity contribution >= 4 is 171 Å². The van der Waals surface area contributed by atoms with Crippen LogP contribution >= 0.6 is 136 Å². The lowest BCUT2D eigenvalue weighted by Gasteiger charge is -2.15. The summed E-state index contributed by atoms with van der Waals surface area (Å²) in [5.74, 6) is -1.24. The van der Waals surface area contributed by atoms with Crippen LogP contribution in [-0.4, -0.2) is 37.0 Å². The van der Waals surface area contributed by atoms with E-state index < -0.39 is 11.9 Å². The van der Waals surface area contributed by atoms with Crippen LogP contribution in [0, 0.1) is 21.4 Å². The van der Waals surface area contributed by atoms with Crippen LogP contribution in [0.3, 0.4) is 0 Å². The van der Waals surface area contributed by atoms with E-state index in [1.165, 1.54) is 0 Å². The van der Waals surface area contributed by atoms with Crippen LogP contribution in [0.5, 0.6) is 0 Å². The highest BCUT2D eigenvalue weighted by Gasteiger charge is 2.23. The lowest BCUT2D eigenvalue weighted by atomic mass is 10.1. The predicted molar refractivity (Wildman–Crippen MR) is 197 cm³/mol. The number of hydrogen-bond donors (Lipinski definition) is 2. The average Bonchev–Trinajstić information content (AvgIpc) is 2.82. The van der Waals surface area contributed by atoms with E-state index >= 15 is 0 Å². The molecule has 0 bridgehead atoms. The maximum Gasteiger partial charge on any atom is 0.340 e. The SMILES string of the molecule is CCOC(=O)c1c(I)cc(I)c(NC(=O)CCCCC(=O)Nc2c(I)cc(I)c(C(=O)OCC)c2I)c1I. The van der Waals surface area contributed by atoms with E-state index in [0.29, 0.717) is 42.5 Å². The van der Waals surface area contributed by atoms with Crippen molar-refractivity contribution in [3.05, 3.63) is 44.7 Å². The summed E-state index contributed by atoms with van der Waals surface area (Å²) in [6.07, 6.45) is 1.48. The maximum atomic E-state index is 12.6. The molecule has 38 heavy (non-hydrogen) atoms. The van der Waals surface area contributed by atoms with Crippen molar-refractivity contribution in [1.29, 1.82) is 0 Å². The zero-order valence-corrected chi connectivity index (χ0v) is 33.1. The molecule has 2 amide bonds. The molecule has 206 valence electrons. The van der Waals surface area contributed by atoms with Gasteiger partial charge in [-0.1, -0.05) is 0 Å². The van der Waals surface area contributed by atoms with Crippen molar-refractivity contribution in [3.8, 4) is 0 Å². The second-order valence-electron chi connectivity index (χ2n) is 7.55. The topological polar surface area (TPSA) is 111 Å². The molecule has 0 saturated heterocycles. The Balaban J connectivity index is 1.97. The average molecular weight is 1200 g/mol. The molecule has 0 aliphatic rings. The summed E-state index contributed by atoms with van der Waals surface area (Å²) in [5.41, 5.74) is 2.04. The van der Waals surface area contributed by atoms with Crippen molar-refractivity contribution < 1.29 is 28.7 Å². The summed E-state index contributed by atoms with van der Waals surface area (Å²) in [6, 6.07) is 3.66. The normalized spacial score (nSPS) is 10.6. The monoisotopic (exact) mass is 1200 g/mol. The number of carbonyl (C=O) groups excluding carboxylic acids is 4. The van der Waals surface area contributed by atoms with Gasteiger partial charge in [-0.15, -0.1) is 0 Å². The number of rotatable bonds is 11. The number of ether oxygens (including phenoxy) is 2. The van der Waals surface area contributed by atoms with Crippen LogP contribution in [-0.2, 0) is 19.1 Å². The third-order valence-corrected chi connectivity index (χ3v) is 10.4. The number of nitrogens with one attached hydrogen (secondary N) is 2. The lowest BCUT2D eigenvalue weighted by molar-refractivity contribution is -0.118. The Morgan fingerprint density at radius 1 is 0.632 bits per heavy atom. The van der Waals surface area contributed by atoms with Crippen molar-refractivity contribution in [1.82, 2.24) is 0 Å². The summed E-state index contributed by atoms with van der Waals surface area (Å²) in [5, 5.41) is 5.81. The van der Waals surface area contributed by atoms with Gasteiger partial charge in [-0.25, -0.2) is 9.59 Å². The van der Waals surface area contributed by atoms with Crippen LogP contribution in [0.2, 0.25) is 0 Å². The Kier molecular flexibility index (Phi) is 15.6. The Labute approximate surface area is 302 Å². The van der Waals surface area contributed by atoms with E-state index in [4.69, 9.17) is 9.47 Å². The maximum absolute atomic E-state index is 12.6. The molecule has 2 N–H and O–H groups in total. The fourth-order valence-electron chi connectivity index (χ4n) is 3.17. The summed E-state index contributed by atoms with van der Waals surface area (Å²) >= 11 is 12.5. The lowest BCUT2D eigenvalue weighted by Crippen LogP contribution is -2.18. The second-order valence-corrected chi connectivity index (χ2v) is 14.4. The molecule has 0 fully saturated rings. The van der Waals surface area contributed by atoms with Gasteiger partial charge in [-0.2, -0.15) is 0 Å². The van der Waals surface area contributed by atoms with E-state index in [1.807, 2.05) is 12.1 Å². The molecule has 0 aliphatic carbocycles. The number of anilines is 2. The van der Waals surface area contributed by atoms with Gasteiger partial charge in [0.05, 0.1) is 42.9 Å². The molecule has 2 aromatic carbocycles. The van der Waals surface area contributed by atoms with Gasteiger partial charge in [0.15, 0.2) is 0 Å². The van der Waals surface area contributed by atoms with E-state index in [-0.39, 0.29) is 37.9 Å². The van der Waals surface area contributed by atoms with E-state index in [0.717, 1.165) is 14.3 Å². The molecule has 0 radical (unpaired) electrons. The Bertz CT molecular complexity index is 1160. The van der Waals surface area contributed by atoms with Gasteiger partial charge in [0, 0.05) is 27.1 Å². The first-order valence-corrected chi connectivity index (χ1v) is 17.7. The highest BCUT2D eigenvalue weighted by molar-refractivity contribution is 14.1. The van der Waals surface area contributed by atoms with E-state index in [1.54, 1.807) is 13.8 Å². The summed E-state index contributed by atoms with van der Waals surface area (Å²) in [7, 11) is 0. The molecule has 14 heteroatoms. The van der Waals surface area contributed by atoms with E-state index in [2.05, 4.69) is 146 Å². The van der Waals surface area contributed by atoms with Gasteiger partial charge in [0.25, 0.3) is 0 Å². The Morgan fingerprint density at radius 3 is 1.29 bits per heavy atom. The van der Waals surface area contributed by atoms with Gasteiger partial charge in [0.1, 0.15) is 0 Å². The van der Waals surface area contributed by atoms with Crippen LogP contribution in [0.4, 0.5) is 11.4 Å². The largest absolute Gasteiger partial charge is 0.462 e. The minimum atomic E-state index is -0.425. The second kappa shape index (κ2) is 17.0. The molecular formula is C24H22I6N2O6. The number of benzene rings is 2. The molecule has 0 aliphatic heterocycles. The molecule has 0 spiro atoms. The summed E-state index contributed by atoms with van der Waals surface area (Å²) in [4.78, 5) is 50.0. The number of halogens is 6. The number of carbonyl (C=O) groups is 4. The third-order valence-electron chi connectivity index (χ3n) is 4.89. The van der Waals surface area contributed by atoms with E-state index in [9.17, 15) is 19.2 Å². The van der Waals surface area contributed by atoms with Crippen LogP contribution in [0.1, 0.15) is 60.2 Å². The Hall–Kier alpha value is 0.700. The number of unbranched alkanes of at least 4 members (excludes halogenated alkanes) is 1. The fourth-order valence-corrected chi connectivity index (χ4v) is 11.3. The van der Waals surface area contributed by atoms with Crippen molar-refractivity contribution in [2.75, 3.05) is 23.8 Å². The molecule has 2 rings (SSSR count). The van der Waals surface area contributed by atoms with Gasteiger partial charge in [-0.3, -0.25) is 9.59 Å².